The number of hydrogen-bond acceptors (Lipinski definition) is 3. The summed E-state index contributed by atoms with van der Waals surface area (Å²) in [7, 11) is 0. The summed E-state index contributed by atoms with van der Waals surface area (Å²) in [6, 6.07) is 3.37. The van der Waals surface area contributed by atoms with Gasteiger partial charge in [-0.25, -0.2) is 0 Å². The molecule has 1 heterocycles. The molecule has 18 heavy (non-hydrogen) atoms. The number of rotatable bonds is 2. The van der Waals surface area contributed by atoms with Gasteiger partial charge in [-0.15, -0.1) is 0 Å². The van der Waals surface area contributed by atoms with Gasteiger partial charge in [0.15, 0.2) is 0 Å². The molecule has 1 atom stereocenters. The quantitative estimate of drug-likeness (QED) is 0.479. The highest BCUT2D eigenvalue weighted by atomic mass is 79.9. The molecule has 0 bridgehead atoms. The first-order chi connectivity index (χ1) is 8.40. The molecule has 5 nitrogen and oxygen atoms in total. The Morgan fingerprint density at radius 1 is 1.44 bits per heavy atom. The summed E-state index contributed by atoms with van der Waals surface area (Å²) < 4.78 is 0. The Bertz CT molecular complexity index is 530. The van der Waals surface area contributed by atoms with E-state index in [1.807, 2.05) is 13.0 Å². The first-order valence-electron chi connectivity index (χ1n) is 5.60. The maximum atomic E-state index is 11.9. The highest BCUT2D eigenvalue weighted by molar-refractivity contribution is 9.09. The van der Waals surface area contributed by atoms with Crippen LogP contribution in [0.25, 0.3) is 0 Å². The summed E-state index contributed by atoms with van der Waals surface area (Å²) >= 11 is 3.38. The fraction of sp³-hybridized carbons (Fsp3) is 0.417. The number of nitro groups is 1. The van der Waals surface area contributed by atoms with Gasteiger partial charge in [0, 0.05) is 23.9 Å². The lowest BCUT2D eigenvalue weighted by Gasteiger charge is -2.18. The number of alkyl halides is 1. The zero-order chi connectivity index (χ0) is 13.4. The highest BCUT2D eigenvalue weighted by Gasteiger charge is 2.34. The Morgan fingerprint density at radius 2 is 2.11 bits per heavy atom. The van der Waals surface area contributed by atoms with Crippen molar-refractivity contribution in [2.75, 3.05) is 11.4 Å². The van der Waals surface area contributed by atoms with E-state index >= 15 is 0 Å². The predicted molar refractivity (Wildman–Crippen MR) is 72.3 cm³/mol. The van der Waals surface area contributed by atoms with Crippen molar-refractivity contribution in [2.24, 2.45) is 0 Å². The van der Waals surface area contributed by atoms with Crippen molar-refractivity contribution in [3.8, 4) is 0 Å². The second kappa shape index (κ2) is 4.68. The molecule has 0 radical (unpaired) electrons. The van der Waals surface area contributed by atoms with E-state index in [1.54, 1.807) is 6.92 Å². The van der Waals surface area contributed by atoms with Crippen molar-refractivity contribution in [3.63, 3.8) is 0 Å². The minimum absolute atomic E-state index is 0.00227. The van der Waals surface area contributed by atoms with E-state index < -0.39 is 4.92 Å². The Hall–Kier alpha value is -1.43. The normalized spacial score (nSPS) is 19.4. The molecule has 96 valence electrons. The molecule has 1 amide bonds. The molecule has 2 rings (SSSR count). The average molecular weight is 313 g/mol. The van der Waals surface area contributed by atoms with Crippen molar-refractivity contribution in [3.05, 3.63) is 33.4 Å². The molecule has 1 aliphatic rings. The number of nitrogens with zero attached hydrogens (tertiary/aromatic N) is 2. The molecule has 1 saturated heterocycles. The monoisotopic (exact) mass is 312 g/mol. The predicted octanol–water partition coefficient (Wildman–Crippen LogP) is 2.71. The molecule has 0 saturated carbocycles. The van der Waals surface area contributed by atoms with E-state index in [-0.39, 0.29) is 16.4 Å². The van der Waals surface area contributed by atoms with Gasteiger partial charge in [0.05, 0.1) is 4.92 Å². The van der Waals surface area contributed by atoms with Gasteiger partial charge in [-0.3, -0.25) is 14.9 Å². The number of aryl methyl sites for hydroxylation is 2. The average Bonchev–Trinajstić information content (AvgIpc) is 2.56. The second-order valence-corrected chi connectivity index (χ2v) is 5.81. The third kappa shape index (κ3) is 2.25. The second-order valence-electron chi connectivity index (χ2n) is 4.51. The van der Waals surface area contributed by atoms with Crippen LogP contribution in [0.2, 0.25) is 0 Å². The molecule has 1 aliphatic heterocycles. The van der Waals surface area contributed by atoms with Crippen molar-refractivity contribution in [2.45, 2.75) is 25.1 Å². The molecule has 0 N–H and O–H groups in total. The molecule has 1 aromatic carbocycles. The van der Waals surface area contributed by atoms with Gasteiger partial charge in [0.1, 0.15) is 5.69 Å². The number of carbonyl (C=O) groups is 1. The van der Waals surface area contributed by atoms with Crippen LogP contribution >= 0.6 is 15.9 Å². The van der Waals surface area contributed by atoms with Gasteiger partial charge >= 0.3 is 0 Å². The van der Waals surface area contributed by atoms with Crippen LogP contribution in [0.1, 0.15) is 17.5 Å². The minimum atomic E-state index is -0.426. The first-order valence-corrected chi connectivity index (χ1v) is 6.51. The first kappa shape index (κ1) is 13.0. The zero-order valence-electron chi connectivity index (χ0n) is 10.1. The highest BCUT2D eigenvalue weighted by Crippen LogP contribution is 2.36. The van der Waals surface area contributed by atoms with Crippen molar-refractivity contribution < 1.29 is 9.72 Å². The summed E-state index contributed by atoms with van der Waals surface area (Å²) in [5, 5.41) is 11.1. The molecule has 0 aliphatic carbocycles. The maximum Gasteiger partial charge on any atom is 0.293 e. The largest absolute Gasteiger partial charge is 0.305 e. The summed E-state index contributed by atoms with van der Waals surface area (Å²) in [5.74, 6) is -0.0769. The van der Waals surface area contributed by atoms with Crippen LogP contribution in [0.3, 0.4) is 0 Å². The molecule has 1 unspecified atom stereocenters. The fourth-order valence-corrected chi connectivity index (χ4v) is 2.87. The van der Waals surface area contributed by atoms with E-state index in [0.717, 1.165) is 11.1 Å². The lowest BCUT2D eigenvalue weighted by atomic mass is 10.1. The summed E-state index contributed by atoms with van der Waals surface area (Å²) in [6.07, 6.45) is 0.379. The van der Waals surface area contributed by atoms with Gasteiger partial charge in [-0.2, -0.15) is 0 Å². The molecule has 0 spiro atoms. The van der Waals surface area contributed by atoms with Gasteiger partial charge in [0.2, 0.25) is 5.91 Å². The number of amides is 1. The SMILES string of the molecule is Cc1cc(C)c(N2CC(Br)CC2=O)c([N+](=O)[O-])c1. The van der Waals surface area contributed by atoms with Gasteiger partial charge < -0.3 is 4.90 Å². The lowest BCUT2D eigenvalue weighted by molar-refractivity contribution is -0.384. The smallest absolute Gasteiger partial charge is 0.293 e. The van der Waals surface area contributed by atoms with E-state index in [0.29, 0.717) is 18.7 Å². The third-order valence-corrected chi connectivity index (χ3v) is 3.58. The number of hydrogen-bond donors (Lipinski definition) is 0. The van der Waals surface area contributed by atoms with Crippen LogP contribution in [-0.4, -0.2) is 22.2 Å². The third-order valence-electron chi connectivity index (χ3n) is 2.97. The van der Waals surface area contributed by atoms with E-state index in [4.69, 9.17) is 0 Å². The van der Waals surface area contributed by atoms with E-state index in [9.17, 15) is 14.9 Å². The van der Waals surface area contributed by atoms with Crippen LogP contribution in [0.4, 0.5) is 11.4 Å². The Labute approximate surface area is 113 Å². The van der Waals surface area contributed by atoms with Gasteiger partial charge in [0.25, 0.3) is 5.69 Å². The van der Waals surface area contributed by atoms with Gasteiger partial charge in [-0.05, 0) is 25.0 Å². The molecule has 1 aromatic rings. The van der Waals surface area contributed by atoms with E-state index in [1.165, 1.54) is 11.0 Å². The standard InChI is InChI=1S/C12H13BrN2O3/c1-7-3-8(2)12(10(4-7)15(17)18)14-6-9(13)5-11(14)16/h3-4,9H,5-6H2,1-2H3. The lowest BCUT2D eigenvalue weighted by Crippen LogP contribution is -2.26. The van der Waals surface area contributed by atoms with Crippen molar-refractivity contribution >= 4 is 33.2 Å². The van der Waals surface area contributed by atoms with Crippen LogP contribution in [0.5, 0.6) is 0 Å². The van der Waals surface area contributed by atoms with Crippen LogP contribution in [-0.2, 0) is 4.79 Å². The molecular weight excluding hydrogens is 300 g/mol. The Balaban J connectivity index is 2.56. The van der Waals surface area contributed by atoms with Crippen molar-refractivity contribution in [1.29, 1.82) is 0 Å². The number of carbonyl (C=O) groups excluding carboxylic acids is 1. The number of halogens is 1. The summed E-state index contributed by atoms with van der Waals surface area (Å²) in [5.41, 5.74) is 2.02. The van der Waals surface area contributed by atoms with Crippen molar-refractivity contribution in [1.82, 2.24) is 0 Å². The molecule has 1 fully saturated rings. The molecule has 6 heteroatoms. The van der Waals surface area contributed by atoms with E-state index in [2.05, 4.69) is 15.9 Å². The van der Waals surface area contributed by atoms with Gasteiger partial charge in [-0.1, -0.05) is 22.0 Å². The minimum Gasteiger partial charge on any atom is -0.305 e. The Kier molecular flexibility index (Phi) is 3.38. The maximum absolute atomic E-state index is 11.9. The number of nitro benzene ring substituents is 1. The molecule has 0 aromatic heterocycles. The topological polar surface area (TPSA) is 63.5 Å². The fourth-order valence-electron chi connectivity index (χ4n) is 2.31. The van der Waals surface area contributed by atoms with Crippen LogP contribution in [0, 0.1) is 24.0 Å². The molecular formula is C12H13BrN2O3. The Morgan fingerprint density at radius 3 is 2.61 bits per heavy atom. The summed E-state index contributed by atoms with van der Waals surface area (Å²) in [4.78, 5) is 24.1. The number of benzene rings is 1. The number of anilines is 1. The van der Waals surface area contributed by atoms with Crippen LogP contribution < -0.4 is 4.90 Å². The van der Waals surface area contributed by atoms with Crippen LogP contribution in [0.15, 0.2) is 12.1 Å². The zero-order valence-corrected chi connectivity index (χ0v) is 11.7. The summed E-state index contributed by atoms with van der Waals surface area (Å²) in [6.45, 7) is 4.08.